The van der Waals surface area contributed by atoms with E-state index in [-0.39, 0.29) is 17.6 Å². The van der Waals surface area contributed by atoms with Gasteiger partial charge < -0.3 is 20.5 Å². The summed E-state index contributed by atoms with van der Waals surface area (Å²) in [4.78, 5) is 35.7. The third kappa shape index (κ3) is 4.95. The zero-order valence-electron chi connectivity index (χ0n) is 20.7. The van der Waals surface area contributed by atoms with Crippen molar-refractivity contribution in [1.29, 1.82) is 0 Å². The predicted octanol–water partition coefficient (Wildman–Crippen LogP) is 5.72. The van der Waals surface area contributed by atoms with Crippen LogP contribution in [-0.2, 0) is 11.2 Å². The Bertz CT molecular complexity index is 1430. The highest BCUT2D eigenvalue weighted by atomic mass is 19.1. The molecule has 0 saturated carbocycles. The number of aromatic amines is 1. The van der Waals surface area contributed by atoms with Gasteiger partial charge in [0.05, 0.1) is 22.9 Å². The van der Waals surface area contributed by atoms with Gasteiger partial charge in [-0.05, 0) is 48.4 Å². The van der Waals surface area contributed by atoms with Gasteiger partial charge in [0, 0.05) is 43.2 Å². The van der Waals surface area contributed by atoms with Gasteiger partial charge in [0.2, 0.25) is 5.91 Å². The number of benzene rings is 2. The van der Waals surface area contributed by atoms with E-state index in [1.165, 1.54) is 12.1 Å². The number of pyridine rings is 1. The number of halogens is 1. The highest BCUT2D eigenvalue weighted by Crippen LogP contribution is 2.38. The minimum Gasteiger partial charge on any atom is -0.356 e. The Hall–Kier alpha value is -4.46. The van der Waals surface area contributed by atoms with Crippen molar-refractivity contribution in [1.82, 2.24) is 14.9 Å². The second-order valence-electron chi connectivity index (χ2n) is 9.13. The maximum absolute atomic E-state index is 13.4. The number of likely N-dealkylation sites (N-methyl/N-ethyl adjacent to an activating group) is 1. The molecule has 0 aliphatic carbocycles. The third-order valence-corrected chi connectivity index (χ3v) is 6.68. The van der Waals surface area contributed by atoms with E-state index in [1.54, 1.807) is 36.3 Å². The van der Waals surface area contributed by atoms with Gasteiger partial charge in [-0.2, -0.15) is 0 Å². The molecule has 0 fully saturated rings. The van der Waals surface area contributed by atoms with Crippen molar-refractivity contribution in [2.75, 3.05) is 24.2 Å². The van der Waals surface area contributed by atoms with Crippen molar-refractivity contribution >= 4 is 29.0 Å². The molecule has 1 atom stereocenters. The number of nitrogens with zero attached hydrogens (tertiary/aromatic N) is 2. The van der Waals surface area contributed by atoms with Gasteiger partial charge in [-0.15, -0.1) is 0 Å². The molecular formula is C29H28FN5O2. The molecule has 2 aromatic heterocycles. The molecule has 5 rings (SSSR count). The molecule has 37 heavy (non-hydrogen) atoms. The molecule has 3 heterocycles. The Morgan fingerprint density at radius 2 is 1.89 bits per heavy atom. The Kier molecular flexibility index (Phi) is 6.72. The molecule has 188 valence electrons. The molecule has 0 saturated heterocycles. The minimum atomic E-state index is -0.438. The predicted molar refractivity (Wildman–Crippen MR) is 142 cm³/mol. The Labute approximate surface area is 214 Å². The van der Waals surface area contributed by atoms with Crippen molar-refractivity contribution in [3.63, 3.8) is 0 Å². The molecule has 2 amide bonds. The number of amides is 2. The number of carbonyl (C=O) groups is 2. The number of aromatic nitrogens is 2. The molecule has 0 bridgehead atoms. The van der Waals surface area contributed by atoms with Crippen LogP contribution in [0.5, 0.6) is 0 Å². The number of rotatable bonds is 7. The summed E-state index contributed by atoms with van der Waals surface area (Å²) in [5.74, 6) is -0.650. The van der Waals surface area contributed by atoms with Crippen LogP contribution in [0.15, 0.2) is 72.9 Å². The smallest absolute Gasteiger partial charge is 0.257 e. The van der Waals surface area contributed by atoms with Crippen LogP contribution in [0.1, 0.15) is 40.9 Å². The van der Waals surface area contributed by atoms with Crippen molar-refractivity contribution in [3.8, 4) is 11.3 Å². The Balaban J connectivity index is 1.48. The molecule has 8 heteroatoms. The number of para-hydroxylation sites is 1. The summed E-state index contributed by atoms with van der Waals surface area (Å²) < 4.78 is 13.4. The maximum atomic E-state index is 13.4. The minimum absolute atomic E-state index is 0.0464. The van der Waals surface area contributed by atoms with E-state index in [1.807, 2.05) is 43.3 Å². The van der Waals surface area contributed by atoms with Crippen LogP contribution in [0.2, 0.25) is 0 Å². The van der Waals surface area contributed by atoms with Crippen molar-refractivity contribution in [3.05, 3.63) is 95.6 Å². The zero-order valence-corrected chi connectivity index (χ0v) is 20.7. The lowest BCUT2D eigenvalue weighted by Crippen LogP contribution is -2.34. The van der Waals surface area contributed by atoms with Gasteiger partial charge in [0.1, 0.15) is 11.6 Å². The van der Waals surface area contributed by atoms with E-state index in [4.69, 9.17) is 0 Å². The quantitative estimate of drug-likeness (QED) is 0.305. The van der Waals surface area contributed by atoms with Crippen LogP contribution in [0.25, 0.3) is 11.3 Å². The van der Waals surface area contributed by atoms with E-state index in [9.17, 15) is 14.0 Å². The lowest BCUT2D eigenvalue weighted by Gasteiger charge is -2.23. The normalized spacial score (nSPS) is 13.7. The monoisotopic (exact) mass is 497 g/mol. The molecule has 0 spiro atoms. The standard InChI is InChI=1S/C29H28FN5O2/c1-3-22(18-9-11-20(30)12-10-18)28(36)34-24-17-19(13-15-31-24)26-27(32-21-7-5-4-6-8-21)25-23(33-26)14-16-35(2)29(25)37/h4-13,15,17,22,32-33H,3,14,16H2,1-2H3,(H,31,34,36)/t22-/m1/s1. The number of hydrogen-bond donors (Lipinski definition) is 3. The van der Waals surface area contributed by atoms with Gasteiger partial charge in [-0.25, -0.2) is 9.37 Å². The average Bonchev–Trinajstić information content (AvgIpc) is 3.27. The fraction of sp³-hybridized carbons (Fsp3) is 0.207. The fourth-order valence-corrected chi connectivity index (χ4v) is 4.69. The van der Waals surface area contributed by atoms with Crippen molar-refractivity contribution in [2.45, 2.75) is 25.7 Å². The van der Waals surface area contributed by atoms with E-state index >= 15 is 0 Å². The zero-order chi connectivity index (χ0) is 25.9. The van der Waals surface area contributed by atoms with Crippen LogP contribution < -0.4 is 10.6 Å². The Morgan fingerprint density at radius 3 is 2.62 bits per heavy atom. The number of fused-ring (bicyclic) bond motifs is 1. The lowest BCUT2D eigenvalue weighted by atomic mass is 9.95. The molecule has 7 nitrogen and oxygen atoms in total. The largest absolute Gasteiger partial charge is 0.356 e. The summed E-state index contributed by atoms with van der Waals surface area (Å²) in [6.45, 7) is 2.55. The number of carbonyl (C=O) groups excluding carboxylic acids is 2. The van der Waals surface area contributed by atoms with Gasteiger partial charge in [0.15, 0.2) is 0 Å². The number of anilines is 3. The van der Waals surface area contributed by atoms with Crippen molar-refractivity contribution in [2.24, 2.45) is 0 Å². The van der Waals surface area contributed by atoms with Gasteiger partial charge in [-0.3, -0.25) is 9.59 Å². The second-order valence-corrected chi connectivity index (χ2v) is 9.13. The number of nitrogens with one attached hydrogen (secondary N) is 3. The first kappa shape index (κ1) is 24.2. The maximum Gasteiger partial charge on any atom is 0.257 e. The van der Waals surface area contributed by atoms with Crippen LogP contribution in [0.3, 0.4) is 0 Å². The lowest BCUT2D eigenvalue weighted by molar-refractivity contribution is -0.117. The molecule has 0 radical (unpaired) electrons. The topological polar surface area (TPSA) is 90.1 Å². The molecular weight excluding hydrogens is 469 g/mol. The van der Waals surface area contributed by atoms with E-state index in [2.05, 4.69) is 20.6 Å². The third-order valence-electron chi connectivity index (χ3n) is 6.68. The highest BCUT2D eigenvalue weighted by Gasteiger charge is 2.30. The van der Waals surface area contributed by atoms with E-state index < -0.39 is 5.92 Å². The first-order chi connectivity index (χ1) is 17.9. The fourth-order valence-electron chi connectivity index (χ4n) is 4.69. The highest BCUT2D eigenvalue weighted by molar-refractivity contribution is 6.06. The number of hydrogen-bond acceptors (Lipinski definition) is 4. The average molecular weight is 498 g/mol. The summed E-state index contributed by atoms with van der Waals surface area (Å²) >= 11 is 0. The molecule has 0 unspecified atom stereocenters. The number of H-pyrrole nitrogens is 1. The Morgan fingerprint density at radius 1 is 1.14 bits per heavy atom. The summed E-state index contributed by atoms with van der Waals surface area (Å²) in [5, 5.41) is 6.34. The van der Waals surface area contributed by atoms with E-state index in [0.717, 1.165) is 28.2 Å². The summed E-state index contributed by atoms with van der Waals surface area (Å²) in [6.07, 6.45) is 2.90. The van der Waals surface area contributed by atoms with Gasteiger partial charge in [-0.1, -0.05) is 37.3 Å². The first-order valence-corrected chi connectivity index (χ1v) is 12.3. The van der Waals surface area contributed by atoms with Gasteiger partial charge in [0.25, 0.3) is 5.91 Å². The molecule has 1 aliphatic rings. The summed E-state index contributed by atoms with van der Waals surface area (Å²) in [5.41, 5.74) is 5.33. The SMILES string of the molecule is CC[C@@H](C(=O)Nc1cc(-c2[nH]c3c(c2Nc2ccccc2)C(=O)N(C)CC3)ccn1)c1ccc(F)cc1. The van der Waals surface area contributed by atoms with E-state index in [0.29, 0.717) is 36.5 Å². The molecule has 3 N–H and O–H groups in total. The first-order valence-electron chi connectivity index (χ1n) is 12.3. The molecule has 4 aromatic rings. The van der Waals surface area contributed by atoms with Crippen LogP contribution >= 0.6 is 0 Å². The summed E-state index contributed by atoms with van der Waals surface area (Å²) in [7, 11) is 1.80. The van der Waals surface area contributed by atoms with Crippen LogP contribution in [0.4, 0.5) is 21.6 Å². The van der Waals surface area contributed by atoms with Gasteiger partial charge >= 0.3 is 0 Å². The van der Waals surface area contributed by atoms with Crippen LogP contribution in [-0.4, -0.2) is 40.3 Å². The van der Waals surface area contributed by atoms with Crippen LogP contribution in [0, 0.1) is 5.82 Å². The molecule has 2 aromatic carbocycles. The van der Waals surface area contributed by atoms with Crippen molar-refractivity contribution < 1.29 is 14.0 Å². The summed E-state index contributed by atoms with van der Waals surface area (Å²) in [6, 6.07) is 19.3. The second kappa shape index (κ2) is 10.3. The molecule has 1 aliphatic heterocycles.